The molecule has 96 valence electrons. The third-order valence-electron chi connectivity index (χ3n) is 2.32. The Labute approximate surface area is 112 Å². The van der Waals surface area contributed by atoms with Gasteiger partial charge in [-0.3, -0.25) is 10.1 Å². The molecule has 0 radical (unpaired) electrons. The van der Waals surface area contributed by atoms with Gasteiger partial charge in [-0.15, -0.1) is 5.10 Å². The first-order valence-corrected chi connectivity index (χ1v) is 6.06. The molecule has 2 rings (SSSR count). The third kappa shape index (κ3) is 2.53. The van der Waals surface area contributed by atoms with Crippen molar-refractivity contribution < 1.29 is 9.53 Å². The van der Waals surface area contributed by atoms with Gasteiger partial charge in [0.15, 0.2) is 0 Å². The molecule has 0 saturated heterocycles. The lowest BCUT2D eigenvalue weighted by Crippen LogP contribution is -2.17. The van der Waals surface area contributed by atoms with Crippen molar-refractivity contribution in [2.75, 3.05) is 12.4 Å². The second kappa shape index (κ2) is 5.21. The van der Waals surface area contributed by atoms with Crippen LogP contribution < -0.4 is 10.1 Å². The van der Waals surface area contributed by atoms with Crippen molar-refractivity contribution in [3.05, 3.63) is 22.4 Å². The number of hydrogen-bond acceptors (Lipinski definition) is 4. The van der Waals surface area contributed by atoms with E-state index in [2.05, 4.69) is 36.4 Å². The average Bonchev–Trinajstić information content (AvgIpc) is 2.95. The second-order valence-corrected chi connectivity index (χ2v) is 4.37. The van der Waals surface area contributed by atoms with E-state index in [0.717, 1.165) is 4.47 Å². The molecule has 18 heavy (non-hydrogen) atoms. The molecule has 8 heteroatoms. The lowest BCUT2D eigenvalue weighted by atomic mass is 10.4. The normalized spacial score (nSPS) is 10.4. The van der Waals surface area contributed by atoms with Crippen LogP contribution in [0, 0.1) is 0 Å². The van der Waals surface area contributed by atoms with E-state index in [4.69, 9.17) is 4.74 Å². The van der Waals surface area contributed by atoms with Crippen LogP contribution in [0.25, 0.3) is 0 Å². The number of aromatic amines is 1. The summed E-state index contributed by atoms with van der Waals surface area (Å²) in [6.45, 7) is 2.66. The first-order chi connectivity index (χ1) is 8.63. The van der Waals surface area contributed by atoms with E-state index in [1.807, 2.05) is 17.7 Å². The van der Waals surface area contributed by atoms with Gasteiger partial charge in [-0.25, -0.2) is 5.10 Å². The molecule has 0 atom stereocenters. The van der Waals surface area contributed by atoms with E-state index in [-0.39, 0.29) is 17.9 Å². The van der Waals surface area contributed by atoms with Crippen LogP contribution in [0.2, 0.25) is 0 Å². The molecule has 0 aliphatic carbocycles. The molecule has 7 nitrogen and oxygen atoms in total. The first-order valence-electron chi connectivity index (χ1n) is 5.27. The van der Waals surface area contributed by atoms with Crippen molar-refractivity contribution in [2.24, 2.45) is 0 Å². The van der Waals surface area contributed by atoms with Crippen molar-refractivity contribution in [3.8, 4) is 6.01 Å². The number of hydrogen-bond donors (Lipinski definition) is 2. The van der Waals surface area contributed by atoms with Gasteiger partial charge in [-0.05, 0) is 28.9 Å². The number of anilines is 1. The standard InChI is InChI=1S/C10H12BrN5O2/c1-3-16-5-6(11)4-7(16)8(17)12-9-13-10(18-2)15-14-9/h4-5H,3H2,1-2H3,(H2,12,13,14,15,17). The van der Waals surface area contributed by atoms with Crippen molar-refractivity contribution in [1.82, 2.24) is 19.7 Å². The fourth-order valence-electron chi connectivity index (χ4n) is 1.49. The zero-order chi connectivity index (χ0) is 13.1. The smallest absolute Gasteiger partial charge is 0.336 e. The Bertz CT molecular complexity index is 562. The highest BCUT2D eigenvalue weighted by atomic mass is 79.9. The van der Waals surface area contributed by atoms with Crippen LogP contribution in [-0.4, -0.2) is 32.8 Å². The minimum absolute atomic E-state index is 0.178. The van der Waals surface area contributed by atoms with Gasteiger partial charge < -0.3 is 9.30 Å². The summed E-state index contributed by atoms with van der Waals surface area (Å²) in [6, 6.07) is 1.92. The topological polar surface area (TPSA) is 84.8 Å². The van der Waals surface area contributed by atoms with Gasteiger partial charge in [0.1, 0.15) is 5.69 Å². The maximum Gasteiger partial charge on any atom is 0.336 e. The Morgan fingerprint density at radius 2 is 2.44 bits per heavy atom. The summed E-state index contributed by atoms with van der Waals surface area (Å²) in [4.78, 5) is 15.9. The number of carbonyl (C=O) groups excluding carboxylic acids is 1. The van der Waals surface area contributed by atoms with Crippen molar-refractivity contribution >= 4 is 27.8 Å². The van der Waals surface area contributed by atoms with Crippen molar-refractivity contribution in [3.63, 3.8) is 0 Å². The Kier molecular flexibility index (Phi) is 3.66. The Morgan fingerprint density at radius 1 is 1.67 bits per heavy atom. The van der Waals surface area contributed by atoms with Crippen LogP contribution in [0.1, 0.15) is 17.4 Å². The van der Waals surface area contributed by atoms with Gasteiger partial charge in [-0.2, -0.15) is 4.98 Å². The number of halogens is 1. The molecule has 0 fully saturated rings. The number of carbonyl (C=O) groups is 1. The monoisotopic (exact) mass is 313 g/mol. The van der Waals surface area contributed by atoms with E-state index in [9.17, 15) is 4.79 Å². The molecule has 1 amide bonds. The van der Waals surface area contributed by atoms with Gasteiger partial charge in [0.05, 0.1) is 7.11 Å². The molecule has 2 N–H and O–H groups in total. The molecule has 2 heterocycles. The minimum atomic E-state index is -0.263. The predicted octanol–water partition coefficient (Wildman–Crippen LogP) is 1.65. The predicted molar refractivity (Wildman–Crippen MR) is 68.7 cm³/mol. The Balaban J connectivity index is 2.16. The van der Waals surface area contributed by atoms with Gasteiger partial charge in [0.2, 0.25) is 5.95 Å². The van der Waals surface area contributed by atoms with Crippen molar-refractivity contribution in [2.45, 2.75) is 13.5 Å². The van der Waals surface area contributed by atoms with Crippen LogP contribution in [0.5, 0.6) is 6.01 Å². The summed E-state index contributed by atoms with van der Waals surface area (Å²) < 4.78 is 7.49. The fraction of sp³-hybridized carbons (Fsp3) is 0.300. The lowest BCUT2D eigenvalue weighted by molar-refractivity contribution is 0.101. The molecular formula is C10H12BrN5O2. The van der Waals surface area contributed by atoms with Crippen LogP contribution >= 0.6 is 15.9 Å². The SMILES string of the molecule is CCn1cc(Br)cc1C(=O)Nc1nc(OC)n[nH]1. The van der Waals surface area contributed by atoms with Gasteiger partial charge >= 0.3 is 6.01 Å². The number of H-pyrrole nitrogens is 1. The maximum atomic E-state index is 12.0. The third-order valence-corrected chi connectivity index (χ3v) is 2.75. The van der Waals surface area contributed by atoms with E-state index in [0.29, 0.717) is 12.2 Å². The zero-order valence-corrected chi connectivity index (χ0v) is 11.5. The van der Waals surface area contributed by atoms with Crippen LogP contribution in [0.15, 0.2) is 16.7 Å². The number of rotatable bonds is 4. The van der Waals surface area contributed by atoms with E-state index < -0.39 is 0 Å². The highest BCUT2D eigenvalue weighted by molar-refractivity contribution is 9.10. The van der Waals surface area contributed by atoms with E-state index in [1.54, 1.807) is 6.07 Å². The summed E-state index contributed by atoms with van der Waals surface area (Å²) in [5, 5.41) is 8.91. The van der Waals surface area contributed by atoms with Crippen molar-refractivity contribution in [1.29, 1.82) is 0 Å². The zero-order valence-electron chi connectivity index (χ0n) is 9.90. The van der Waals surface area contributed by atoms with E-state index >= 15 is 0 Å². The largest absolute Gasteiger partial charge is 0.466 e. The fourth-order valence-corrected chi connectivity index (χ4v) is 1.96. The quantitative estimate of drug-likeness (QED) is 0.898. The summed E-state index contributed by atoms with van der Waals surface area (Å²) >= 11 is 3.34. The number of aromatic nitrogens is 4. The summed E-state index contributed by atoms with van der Waals surface area (Å²) in [5.41, 5.74) is 0.541. The number of methoxy groups -OCH3 is 1. The molecule has 2 aromatic rings. The number of nitrogens with one attached hydrogen (secondary N) is 2. The lowest BCUT2D eigenvalue weighted by Gasteiger charge is -2.04. The molecule has 0 spiro atoms. The molecule has 2 aromatic heterocycles. The summed E-state index contributed by atoms with van der Waals surface area (Å²) in [7, 11) is 1.45. The van der Waals surface area contributed by atoms with Gasteiger partial charge in [-0.1, -0.05) is 0 Å². The minimum Gasteiger partial charge on any atom is -0.466 e. The van der Waals surface area contributed by atoms with Gasteiger partial charge in [0, 0.05) is 17.2 Å². The molecular weight excluding hydrogens is 302 g/mol. The summed E-state index contributed by atoms with van der Waals surface area (Å²) in [5.74, 6) is -0.0156. The average molecular weight is 314 g/mol. The Hall–Kier alpha value is -1.83. The van der Waals surface area contributed by atoms with Crippen LogP contribution in [-0.2, 0) is 6.54 Å². The maximum absolute atomic E-state index is 12.0. The highest BCUT2D eigenvalue weighted by Gasteiger charge is 2.14. The molecule has 0 bridgehead atoms. The number of ether oxygens (including phenoxy) is 1. The van der Waals surface area contributed by atoms with Gasteiger partial charge in [0.25, 0.3) is 5.91 Å². The number of aryl methyl sites for hydroxylation is 1. The first kappa shape index (κ1) is 12.6. The Morgan fingerprint density at radius 3 is 3.06 bits per heavy atom. The van der Waals surface area contributed by atoms with Crippen LogP contribution in [0.4, 0.5) is 5.95 Å². The molecule has 0 saturated carbocycles. The molecule has 0 unspecified atom stereocenters. The van der Waals surface area contributed by atoms with E-state index in [1.165, 1.54) is 7.11 Å². The summed E-state index contributed by atoms with van der Waals surface area (Å²) in [6.07, 6.45) is 1.84. The molecule has 0 aliphatic rings. The second-order valence-electron chi connectivity index (χ2n) is 3.45. The molecule has 0 aromatic carbocycles. The van der Waals surface area contributed by atoms with Crippen LogP contribution in [0.3, 0.4) is 0 Å². The molecule has 0 aliphatic heterocycles. The highest BCUT2D eigenvalue weighted by Crippen LogP contribution is 2.16. The number of amides is 1. The number of nitrogens with zero attached hydrogens (tertiary/aromatic N) is 3.